The Bertz CT molecular complexity index is 1230. The van der Waals surface area contributed by atoms with Gasteiger partial charge in [-0.25, -0.2) is 0 Å². The number of sulfonamides is 1. The second-order valence-electron chi connectivity index (χ2n) is 7.12. The van der Waals surface area contributed by atoms with E-state index in [1.807, 2.05) is 18.2 Å². The van der Waals surface area contributed by atoms with Crippen LogP contribution in [0, 0.1) is 0 Å². The normalized spacial score (nSPS) is 12.6. The summed E-state index contributed by atoms with van der Waals surface area (Å²) in [5.74, 6) is 0.638. The fourth-order valence-corrected chi connectivity index (χ4v) is 7.13. The van der Waals surface area contributed by atoms with Crippen LogP contribution in [-0.4, -0.2) is 45.5 Å². The van der Waals surface area contributed by atoms with Gasteiger partial charge in [0.1, 0.15) is 0 Å². The Kier molecular flexibility index (Phi) is 7.64. The first-order valence-corrected chi connectivity index (χ1v) is 15.4. The zero-order valence-electron chi connectivity index (χ0n) is 17.2. The monoisotopic (exact) mass is 504 g/mol. The number of hydrogen-bond acceptors (Lipinski definition) is 5. The molecule has 0 aliphatic rings. The second-order valence-corrected chi connectivity index (χ2v) is 14.2. The number of rotatable bonds is 9. The Morgan fingerprint density at radius 2 is 1.87 bits per heavy atom. The van der Waals surface area contributed by atoms with E-state index in [0.717, 1.165) is 10.8 Å². The summed E-state index contributed by atoms with van der Waals surface area (Å²) in [6.07, 6.45) is 0.593. The van der Waals surface area contributed by atoms with Crippen LogP contribution < -0.4 is 16.0 Å². The maximum atomic E-state index is 12.4. The Morgan fingerprint density at radius 3 is 2.55 bits per heavy atom. The van der Waals surface area contributed by atoms with Gasteiger partial charge in [0.15, 0.2) is 0 Å². The molecule has 2 aromatic carbocycles. The number of nitrogens with zero attached hydrogens (tertiary/aromatic N) is 1. The first-order chi connectivity index (χ1) is 14.8. The van der Waals surface area contributed by atoms with Crippen molar-refractivity contribution >= 4 is 41.5 Å². The molecule has 3 aromatic rings. The molecule has 164 valence electrons. The van der Waals surface area contributed by atoms with Crippen LogP contribution in [0.2, 0.25) is 10.4 Å². The molecular weight excluding hydrogens is 479 g/mol. The summed E-state index contributed by atoms with van der Waals surface area (Å²) in [6, 6.07) is 13.5. The van der Waals surface area contributed by atoms with Gasteiger partial charge in [-0.1, -0.05) is 0 Å². The van der Waals surface area contributed by atoms with Gasteiger partial charge < -0.3 is 0 Å². The van der Waals surface area contributed by atoms with E-state index in [-0.39, 0.29) is 16.4 Å². The number of aromatic nitrogens is 2. The van der Waals surface area contributed by atoms with E-state index in [9.17, 15) is 18.0 Å². The van der Waals surface area contributed by atoms with Gasteiger partial charge in [-0.3, -0.25) is 0 Å². The number of aromatic amines is 1. The molecular formula is C21H25AsN4O4S. The van der Waals surface area contributed by atoms with E-state index in [4.69, 9.17) is 5.14 Å². The topological polar surface area (TPSA) is 135 Å². The molecule has 1 aromatic heterocycles. The summed E-state index contributed by atoms with van der Waals surface area (Å²) in [4.78, 5) is 32.1. The molecule has 0 aliphatic carbocycles. The van der Waals surface area contributed by atoms with Gasteiger partial charge >= 0.3 is 186 Å². The van der Waals surface area contributed by atoms with Crippen LogP contribution in [0.3, 0.4) is 0 Å². The van der Waals surface area contributed by atoms with E-state index in [1.165, 1.54) is 12.1 Å². The SMILES string of the molecule is CC[As](CC(=O)NCCc1ccc(S(N)(=O)=O)cc1)Cc1nc2ccccc2c(=O)[nH]1. The van der Waals surface area contributed by atoms with Crippen molar-refractivity contribution in [2.24, 2.45) is 5.14 Å². The van der Waals surface area contributed by atoms with E-state index in [0.29, 0.717) is 40.1 Å². The Hall–Kier alpha value is -2.48. The zero-order valence-corrected chi connectivity index (χ0v) is 19.9. The van der Waals surface area contributed by atoms with Crippen LogP contribution in [0.5, 0.6) is 0 Å². The average molecular weight is 504 g/mol. The van der Waals surface area contributed by atoms with E-state index in [2.05, 4.69) is 22.2 Å². The van der Waals surface area contributed by atoms with E-state index >= 15 is 0 Å². The number of fused-ring (bicyclic) bond motifs is 1. The fraction of sp³-hybridized carbons (Fsp3) is 0.286. The minimum absolute atomic E-state index is 0.00820. The number of carbonyl (C=O) groups is 1. The molecule has 0 fully saturated rings. The third kappa shape index (κ3) is 6.50. The summed E-state index contributed by atoms with van der Waals surface area (Å²) in [5.41, 5.74) is 1.43. The standard InChI is InChI=1S/C21H25AsN4O4S/c1-2-22(13-19-25-18-6-4-3-5-17(18)21(28)26-19)14-20(27)24-12-11-15-7-9-16(10-8-15)31(23,29)30/h3-10H,2,11-14H2,1H3,(H,24,27)(H2,23,29,30)(H,25,26,28). The molecule has 4 N–H and O–H groups in total. The predicted octanol–water partition coefficient (Wildman–Crippen LogP) is 1.53. The molecule has 1 unspecified atom stereocenters. The van der Waals surface area contributed by atoms with Crippen LogP contribution in [-0.2, 0) is 26.4 Å². The molecule has 3 rings (SSSR count). The van der Waals surface area contributed by atoms with Crippen molar-refractivity contribution in [1.29, 1.82) is 0 Å². The quantitative estimate of drug-likeness (QED) is 0.380. The fourth-order valence-electron chi connectivity index (χ4n) is 3.15. The van der Waals surface area contributed by atoms with Crippen molar-refractivity contribution < 1.29 is 13.2 Å². The summed E-state index contributed by atoms with van der Waals surface area (Å²) in [6.45, 7) is 2.53. The molecule has 1 atom stereocenters. The molecule has 1 heterocycles. The van der Waals surface area contributed by atoms with Crippen molar-refractivity contribution in [2.45, 2.75) is 33.9 Å². The number of carbonyl (C=O) groups excluding carboxylic acids is 1. The third-order valence-electron chi connectivity index (χ3n) is 4.84. The maximum absolute atomic E-state index is 12.4. The number of benzene rings is 2. The van der Waals surface area contributed by atoms with E-state index < -0.39 is 24.7 Å². The van der Waals surface area contributed by atoms with Crippen molar-refractivity contribution in [1.82, 2.24) is 15.3 Å². The number of nitrogens with one attached hydrogen (secondary N) is 2. The minimum atomic E-state index is -3.70. The predicted molar refractivity (Wildman–Crippen MR) is 122 cm³/mol. The van der Waals surface area contributed by atoms with Crippen LogP contribution in [0.1, 0.15) is 18.3 Å². The summed E-state index contributed by atoms with van der Waals surface area (Å²) >= 11 is -1.54. The van der Waals surface area contributed by atoms with Gasteiger partial charge in [-0.15, -0.1) is 0 Å². The van der Waals surface area contributed by atoms with Crippen LogP contribution in [0.15, 0.2) is 58.2 Å². The van der Waals surface area contributed by atoms with Crippen molar-refractivity contribution in [3.63, 3.8) is 0 Å². The number of primary sulfonamides is 1. The molecule has 0 spiro atoms. The van der Waals surface area contributed by atoms with Crippen molar-refractivity contribution in [3.05, 3.63) is 70.3 Å². The van der Waals surface area contributed by atoms with Crippen LogP contribution >= 0.6 is 0 Å². The van der Waals surface area contributed by atoms with Gasteiger partial charge in [0.05, 0.1) is 0 Å². The van der Waals surface area contributed by atoms with Gasteiger partial charge in [0.2, 0.25) is 0 Å². The van der Waals surface area contributed by atoms with Gasteiger partial charge in [-0.05, 0) is 0 Å². The van der Waals surface area contributed by atoms with Crippen molar-refractivity contribution in [2.75, 3.05) is 6.54 Å². The summed E-state index contributed by atoms with van der Waals surface area (Å²) in [5, 5.41) is 10.6. The number of H-pyrrole nitrogens is 1. The molecule has 31 heavy (non-hydrogen) atoms. The van der Waals surface area contributed by atoms with Gasteiger partial charge in [0.25, 0.3) is 0 Å². The number of hydrogen-bond donors (Lipinski definition) is 3. The van der Waals surface area contributed by atoms with Gasteiger partial charge in [-0.2, -0.15) is 0 Å². The molecule has 0 radical (unpaired) electrons. The summed E-state index contributed by atoms with van der Waals surface area (Å²) < 4.78 is 22.6. The Balaban J connectivity index is 1.52. The first-order valence-electron chi connectivity index (χ1n) is 9.85. The average Bonchev–Trinajstić information content (AvgIpc) is 2.73. The molecule has 0 aliphatic heterocycles. The number of amides is 1. The molecule has 1 amide bonds. The number of nitrogens with two attached hydrogens (primary N) is 1. The Labute approximate surface area is 185 Å². The van der Waals surface area contributed by atoms with Crippen molar-refractivity contribution in [3.8, 4) is 0 Å². The van der Waals surface area contributed by atoms with Crippen LogP contribution in [0.25, 0.3) is 10.9 Å². The molecule has 8 nitrogen and oxygen atoms in total. The molecule has 0 bridgehead atoms. The molecule has 0 saturated carbocycles. The van der Waals surface area contributed by atoms with Crippen LogP contribution in [0.4, 0.5) is 0 Å². The third-order valence-corrected chi connectivity index (χ3v) is 10.8. The molecule has 10 heteroatoms. The van der Waals surface area contributed by atoms with E-state index in [1.54, 1.807) is 18.2 Å². The number of para-hydroxylation sites is 1. The summed E-state index contributed by atoms with van der Waals surface area (Å²) in [7, 11) is -3.70. The second kappa shape index (κ2) is 10.2. The van der Waals surface area contributed by atoms with Gasteiger partial charge in [0, 0.05) is 0 Å². The molecule has 0 saturated heterocycles. The Morgan fingerprint density at radius 1 is 1.16 bits per heavy atom. The first kappa shape index (κ1) is 23.2. The zero-order chi connectivity index (χ0) is 22.4.